The number of carbonyl (C=O) groups excluding carboxylic acids is 1. The highest BCUT2D eigenvalue weighted by atomic mass is 32.2. The van der Waals surface area contributed by atoms with E-state index in [0.29, 0.717) is 11.4 Å². The zero-order chi connectivity index (χ0) is 23.4. The molecule has 0 aromatic heterocycles. The quantitative estimate of drug-likeness (QED) is 0.483. The number of ether oxygens (including phenoxy) is 1. The van der Waals surface area contributed by atoms with E-state index in [4.69, 9.17) is 4.74 Å². The molecule has 10 heteroatoms. The summed E-state index contributed by atoms with van der Waals surface area (Å²) in [6.07, 6.45) is -4.49. The Morgan fingerprint density at radius 1 is 0.906 bits per heavy atom. The second kappa shape index (κ2) is 9.31. The fourth-order valence-electron chi connectivity index (χ4n) is 2.65. The van der Waals surface area contributed by atoms with Gasteiger partial charge in [-0.25, -0.2) is 8.42 Å². The molecule has 0 aliphatic carbocycles. The van der Waals surface area contributed by atoms with Gasteiger partial charge in [-0.05, 0) is 67.6 Å². The minimum atomic E-state index is -4.49. The van der Waals surface area contributed by atoms with Crippen molar-refractivity contribution in [1.29, 1.82) is 0 Å². The number of hydrogen-bond donors (Lipinski definition) is 2. The molecule has 32 heavy (non-hydrogen) atoms. The lowest BCUT2D eigenvalue weighted by atomic mass is 10.2. The van der Waals surface area contributed by atoms with Crippen LogP contribution in [0, 0.1) is 0 Å². The maximum absolute atomic E-state index is 12.9. The summed E-state index contributed by atoms with van der Waals surface area (Å²) in [6.45, 7) is 1.52. The molecule has 3 rings (SSSR count). The molecule has 0 aliphatic rings. The molecule has 0 aliphatic heterocycles. The molecule has 3 aromatic carbocycles. The fourth-order valence-corrected chi connectivity index (χ4v) is 3.29. The van der Waals surface area contributed by atoms with Gasteiger partial charge in [-0.2, -0.15) is 13.2 Å². The highest BCUT2D eigenvalue weighted by Crippen LogP contribution is 2.32. The zero-order valence-electron chi connectivity index (χ0n) is 16.8. The van der Waals surface area contributed by atoms with Crippen LogP contribution in [0.5, 0.6) is 11.5 Å². The first-order valence-electron chi connectivity index (χ1n) is 9.43. The van der Waals surface area contributed by atoms with Crippen molar-refractivity contribution in [2.75, 3.05) is 15.8 Å². The monoisotopic (exact) mass is 464 g/mol. The molecule has 0 heterocycles. The number of hydrogen-bond acceptors (Lipinski definition) is 4. The van der Waals surface area contributed by atoms with Crippen molar-refractivity contribution in [3.05, 3.63) is 83.9 Å². The van der Waals surface area contributed by atoms with Crippen LogP contribution in [-0.4, -0.2) is 20.1 Å². The molecular weight excluding hydrogens is 445 g/mol. The topological polar surface area (TPSA) is 84.5 Å². The van der Waals surface area contributed by atoms with Crippen LogP contribution in [0.25, 0.3) is 0 Å². The van der Waals surface area contributed by atoms with Gasteiger partial charge in [-0.1, -0.05) is 12.1 Å². The van der Waals surface area contributed by atoms with Gasteiger partial charge in [0.2, 0.25) is 10.0 Å². The molecule has 2 N–H and O–H groups in total. The molecule has 0 spiro atoms. The SMILES string of the molecule is CCS(=O)(=O)Nc1ccc(NC(=O)c2cccc(Oc3cccc(C(F)(F)F)c3)c2)cc1. The van der Waals surface area contributed by atoms with Gasteiger partial charge in [0.1, 0.15) is 11.5 Å². The molecule has 168 valence electrons. The molecule has 1 amide bonds. The van der Waals surface area contributed by atoms with Crippen molar-refractivity contribution in [1.82, 2.24) is 0 Å². The Hall–Kier alpha value is -3.53. The molecule has 3 aromatic rings. The Kier molecular flexibility index (Phi) is 6.73. The fraction of sp³-hybridized carbons (Fsp3) is 0.136. The summed E-state index contributed by atoms with van der Waals surface area (Å²) in [6, 6.07) is 16.5. The largest absolute Gasteiger partial charge is 0.457 e. The zero-order valence-corrected chi connectivity index (χ0v) is 17.6. The predicted molar refractivity (Wildman–Crippen MR) is 115 cm³/mol. The van der Waals surface area contributed by atoms with Crippen LogP contribution in [0.4, 0.5) is 24.5 Å². The summed E-state index contributed by atoms with van der Waals surface area (Å²) in [5.41, 5.74) is 0.179. The van der Waals surface area contributed by atoms with Gasteiger partial charge in [0.15, 0.2) is 0 Å². The Bertz CT molecular complexity index is 1210. The van der Waals surface area contributed by atoms with Gasteiger partial charge in [-0.3, -0.25) is 9.52 Å². The summed E-state index contributed by atoms with van der Waals surface area (Å²) in [5, 5.41) is 2.66. The summed E-state index contributed by atoms with van der Waals surface area (Å²) in [5.74, 6) is -0.352. The minimum absolute atomic E-state index is 0.0116. The average molecular weight is 464 g/mol. The maximum Gasteiger partial charge on any atom is 0.416 e. The number of nitrogens with one attached hydrogen (secondary N) is 2. The molecule has 0 saturated heterocycles. The van der Waals surface area contributed by atoms with Gasteiger partial charge in [0.25, 0.3) is 5.91 Å². The number of carbonyl (C=O) groups is 1. The van der Waals surface area contributed by atoms with Crippen LogP contribution in [0.15, 0.2) is 72.8 Å². The van der Waals surface area contributed by atoms with Gasteiger partial charge in [-0.15, -0.1) is 0 Å². The molecule has 0 bridgehead atoms. The van der Waals surface area contributed by atoms with Crippen LogP contribution in [0.1, 0.15) is 22.8 Å². The van der Waals surface area contributed by atoms with E-state index in [1.54, 1.807) is 6.07 Å². The molecule has 0 saturated carbocycles. The first-order chi connectivity index (χ1) is 15.1. The molecule has 0 atom stereocenters. The van der Waals surface area contributed by atoms with Gasteiger partial charge in [0, 0.05) is 16.9 Å². The van der Waals surface area contributed by atoms with Crippen molar-refractivity contribution in [3.63, 3.8) is 0 Å². The number of amides is 1. The Labute approximate surface area is 183 Å². The van der Waals surface area contributed by atoms with E-state index in [0.717, 1.165) is 12.1 Å². The molecule has 6 nitrogen and oxygen atoms in total. The second-order valence-corrected chi connectivity index (χ2v) is 8.70. The highest BCUT2D eigenvalue weighted by Gasteiger charge is 2.30. The third-order valence-electron chi connectivity index (χ3n) is 4.29. The Morgan fingerprint density at radius 2 is 1.50 bits per heavy atom. The molecule has 0 radical (unpaired) electrons. The van der Waals surface area contributed by atoms with Crippen LogP contribution >= 0.6 is 0 Å². The number of benzene rings is 3. The van der Waals surface area contributed by atoms with E-state index in [1.165, 1.54) is 61.5 Å². The van der Waals surface area contributed by atoms with Crippen LogP contribution < -0.4 is 14.8 Å². The number of halogens is 3. The van der Waals surface area contributed by atoms with E-state index < -0.39 is 27.7 Å². The number of rotatable bonds is 7. The Balaban J connectivity index is 1.69. The smallest absolute Gasteiger partial charge is 0.416 e. The van der Waals surface area contributed by atoms with E-state index in [2.05, 4.69) is 10.0 Å². The third kappa shape index (κ3) is 6.24. The molecule has 0 fully saturated rings. The lowest BCUT2D eigenvalue weighted by Gasteiger charge is -2.11. The standard InChI is InChI=1S/C22H19F3N2O4S/c1-2-32(29,30)27-18-11-9-17(10-12-18)26-21(28)15-5-3-7-19(13-15)31-20-8-4-6-16(14-20)22(23,24)25/h3-14,27H,2H2,1H3,(H,26,28). The molecule has 0 unspecified atom stereocenters. The van der Waals surface area contributed by atoms with E-state index in [1.807, 2.05) is 0 Å². The average Bonchev–Trinajstić information content (AvgIpc) is 2.75. The number of anilines is 2. The summed E-state index contributed by atoms with van der Waals surface area (Å²) < 4.78 is 69.7. The van der Waals surface area contributed by atoms with E-state index in [-0.39, 0.29) is 22.8 Å². The van der Waals surface area contributed by atoms with Crippen LogP contribution in [0.2, 0.25) is 0 Å². The van der Waals surface area contributed by atoms with Crippen molar-refractivity contribution < 1.29 is 31.1 Å². The van der Waals surface area contributed by atoms with Crippen molar-refractivity contribution >= 4 is 27.3 Å². The lowest BCUT2D eigenvalue weighted by molar-refractivity contribution is -0.137. The predicted octanol–water partition coefficient (Wildman–Crippen LogP) is 5.51. The van der Waals surface area contributed by atoms with Crippen molar-refractivity contribution in [2.24, 2.45) is 0 Å². The van der Waals surface area contributed by atoms with Crippen molar-refractivity contribution in [3.8, 4) is 11.5 Å². The van der Waals surface area contributed by atoms with Gasteiger partial charge >= 0.3 is 6.18 Å². The summed E-state index contributed by atoms with van der Waals surface area (Å²) in [7, 11) is -3.41. The lowest BCUT2D eigenvalue weighted by Crippen LogP contribution is -2.15. The maximum atomic E-state index is 12.9. The van der Waals surface area contributed by atoms with E-state index >= 15 is 0 Å². The first kappa shape index (κ1) is 23.1. The van der Waals surface area contributed by atoms with Crippen molar-refractivity contribution in [2.45, 2.75) is 13.1 Å². The second-order valence-electron chi connectivity index (χ2n) is 6.69. The number of alkyl halides is 3. The van der Waals surface area contributed by atoms with E-state index in [9.17, 15) is 26.4 Å². The van der Waals surface area contributed by atoms with Crippen LogP contribution in [-0.2, 0) is 16.2 Å². The number of sulfonamides is 1. The molecular formula is C22H19F3N2O4S. The third-order valence-corrected chi connectivity index (χ3v) is 5.60. The van der Waals surface area contributed by atoms with Crippen LogP contribution in [0.3, 0.4) is 0 Å². The first-order valence-corrected chi connectivity index (χ1v) is 11.1. The normalized spacial score (nSPS) is 11.6. The van der Waals surface area contributed by atoms with Gasteiger partial charge < -0.3 is 10.1 Å². The summed E-state index contributed by atoms with van der Waals surface area (Å²) in [4.78, 5) is 12.5. The Morgan fingerprint density at radius 3 is 2.12 bits per heavy atom. The minimum Gasteiger partial charge on any atom is -0.457 e. The van der Waals surface area contributed by atoms with Gasteiger partial charge in [0.05, 0.1) is 11.3 Å². The highest BCUT2D eigenvalue weighted by molar-refractivity contribution is 7.92. The summed E-state index contributed by atoms with van der Waals surface area (Å²) >= 11 is 0.